The van der Waals surface area contributed by atoms with Crippen LogP contribution in [0.3, 0.4) is 0 Å². The first-order chi connectivity index (χ1) is 7.15. The molecule has 1 fully saturated rings. The van der Waals surface area contributed by atoms with Crippen LogP contribution in [0.5, 0.6) is 0 Å². The Morgan fingerprint density at radius 3 is 3.07 bits per heavy atom. The Hall–Kier alpha value is -0.650. The van der Waals surface area contributed by atoms with Crippen molar-refractivity contribution in [2.45, 2.75) is 32.5 Å². The molecule has 0 amide bonds. The van der Waals surface area contributed by atoms with Gasteiger partial charge in [0.1, 0.15) is 0 Å². The van der Waals surface area contributed by atoms with Crippen LogP contribution in [0.1, 0.15) is 19.5 Å². The minimum absolute atomic E-state index is 0.0424. The third-order valence-electron chi connectivity index (χ3n) is 2.84. The van der Waals surface area contributed by atoms with E-state index in [9.17, 15) is 4.79 Å². The lowest BCUT2D eigenvalue weighted by Crippen LogP contribution is -2.53. The SMILES string of the molecule is CC1CN(Cc2csc(=O)[nH]2)C(C)CN1. The van der Waals surface area contributed by atoms with E-state index in [1.54, 1.807) is 0 Å². The minimum Gasteiger partial charge on any atom is -0.315 e. The predicted molar refractivity (Wildman–Crippen MR) is 62.3 cm³/mol. The first-order valence-corrected chi connectivity index (χ1v) is 6.17. The Bertz CT molecular complexity index is 373. The number of piperazine rings is 1. The second-order valence-electron chi connectivity index (χ2n) is 4.26. The van der Waals surface area contributed by atoms with Crippen LogP contribution < -0.4 is 10.2 Å². The van der Waals surface area contributed by atoms with Crippen LogP contribution in [-0.4, -0.2) is 35.1 Å². The molecule has 2 N–H and O–H groups in total. The van der Waals surface area contributed by atoms with Gasteiger partial charge in [0, 0.05) is 42.8 Å². The van der Waals surface area contributed by atoms with Crippen LogP contribution in [0, 0.1) is 0 Å². The van der Waals surface area contributed by atoms with Crippen molar-refractivity contribution in [3.63, 3.8) is 0 Å². The molecule has 1 aromatic heterocycles. The molecule has 5 heteroatoms. The first-order valence-electron chi connectivity index (χ1n) is 5.29. The fourth-order valence-corrected chi connectivity index (χ4v) is 2.50. The van der Waals surface area contributed by atoms with E-state index in [1.807, 2.05) is 5.38 Å². The summed E-state index contributed by atoms with van der Waals surface area (Å²) in [7, 11) is 0. The predicted octanol–water partition coefficient (Wildman–Crippen LogP) is 0.619. The molecule has 2 unspecified atom stereocenters. The maximum absolute atomic E-state index is 11.0. The lowest BCUT2D eigenvalue weighted by Gasteiger charge is -2.37. The van der Waals surface area contributed by atoms with Gasteiger partial charge in [0.15, 0.2) is 0 Å². The lowest BCUT2D eigenvalue weighted by atomic mass is 10.1. The maximum atomic E-state index is 11.0. The largest absolute Gasteiger partial charge is 0.315 e. The number of thiazole rings is 1. The summed E-state index contributed by atoms with van der Waals surface area (Å²) in [5, 5.41) is 5.36. The molecule has 0 spiro atoms. The smallest absolute Gasteiger partial charge is 0.304 e. The van der Waals surface area contributed by atoms with Crippen molar-refractivity contribution in [2.75, 3.05) is 13.1 Å². The molecule has 4 nitrogen and oxygen atoms in total. The summed E-state index contributed by atoms with van der Waals surface area (Å²) in [6.07, 6.45) is 0. The van der Waals surface area contributed by atoms with Crippen molar-refractivity contribution in [1.29, 1.82) is 0 Å². The summed E-state index contributed by atoms with van der Waals surface area (Å²) in [6.45, 7) is 7.32. The van der Waals surface area contributed by atoms with E-state index >= 15 is 0 Å². The summed E-state index contributed by atoms with van der Waals surface area (Å²) in [5.74, 6) is 0. The van der Waals surface area contributed by atoms with E-state index in [1.165, 1.54) is 11.3 Å². The van der Waals surface area contributed by atoms with Gasteiger partial charge >= 0.3 is 4.87 Å². The summed E-state index contributed by atoms with van der Waals surface area (Å²) < 4.78 is 0. The quantitative estimate of drug-likeness (QED) is 0.778. The van der Waals surface area contributed by atoms with Crippen molar-refractivity contribution in [2.24, 2.45) is 0 Å². The molecule has 84 valence electrons. The highest BCUT2D eigenvalue weighted by Gasteiger charge is 2.22. The van der Waals surface area contributed by atoms with Gasteiger partial charge < -0.3 is 10.3 Å². The van der Waals surface area contributed by atoms with Crippen molar-refractivity contribution in [3.8, 4) is 0 Å². The van der Waals surface area contributed by atoms with E-state index in [4.69, 9.17) is 0 Å². The fraction of sp³-hybridized carbons (Fsp3) is 0.700. The maximum Gasteiger partial charge on any atom is 0.304 e. The number of rotatable bonds is 2. The van der Waals surface area contributed by atoms with Crippen LogP contribution >= 0.6 is 11.3 Å². The van der Waals surface area contributed by atoms with Gasteiger partial charge in [-0.05, 0) is 13.8 Å². The van der Waals surface area contributed by atoms with E-state index < -0.39 is 0 Å². The third-order valence-corrected chi connectivity index (χ3v) is 3.56. The molecule has 2 rings (SSSR count). The van der Waals surface area contributed by atoms with Gasteiger partial charge in [-0.25, -0.2) is 0 Å². The number of hydrogen-bond acceptors (Lipinski definition) is 4. The minimum atomic E-state index is 0.0424. The molecule has 0 bridgehead atoms. The molecular weight excluding hydrogens is 210 g/mol. The Morgan fingerprint density at radius 2 is 2.40 bits per heavy atom. The van der Waals surface area contributed by atoms with Gasteiger partial charge in [0.2, 0.25) is 0 Å². The van der Waals surface area contributed by atoms with Crippen LogP contribution in [0.15, 0.2) is 10.2 Å². The molecule has 1 aliphatic heterocycles. The number of nitrogens with zero attached hydrogens (tertiary/aromatic N) is 1. The fourth-order valence-electron chi connectivity index (χ4n) is 1.93. The van der Waals surface area contributed by atoms with E-state index in [0.29, 0.717) is 12.1 Å². The molecule has 0 aromatic carbocycles. The Balaban J connectivity index is 2.01. The van der Waals surface area contributed by atoms with Crippen molar-refractivity contribution in [3.05, 3.63) is 20.7 Å². The summed E-state index contributed by atoms with van der Waals surface area (Å²) in [6, 6.07) is 1.07. The Kier molecular flexibility index (Phi) is 3.23. The van der Waals surface area contributed by atoms with Crippen molar-refractivity contribution in [1.82, 2.24) is 15.2 Å². The summed E-state index contributed by atoms with van der Waals surface area (Å²) >= 11 is 1.24. The number of aromatic amines is 1. The second-order valence-corrected chi connectivity index (χ2v) is 5.10. The standard InChI is InChI=1S/C10H17N3OS/c1-7-4-13(8(2)3-11-7)5-9-6-15-10(14)12-9/h6-8,11H,3-5H2,1-2H3,(H,12,14). The molecule has 1 aromatic rings. The highest BCUT2D eigenvalue weighted by molar-refractivity contribution is 7.07. The molecular formula is C10H17N3OS. The van der Waals surface area contributed by atoms with Crippen molar-refractivity contribution < 1.29 is 0 Å². The molecule has 15 heavy (non-hydrogen) atoms. The zero-order valence-electron chi connectivity index (χ0n) is 9.12. The number of hydrogen-bond donors (Lipinski definition) is 2. The Morgan fingerprint density at radius 1 is 1.60 bits per heavy atom. The second kappa shape index (κ2) is 4.47. The van der Waals surface area contributed by atoms with Crippen LogP contribution in [0.2, 0.25) is 0 Å². The summed E-state index contributed by atoms with van der Waals surface area (Å²) in [4.78, 5) is 16.3. The number of nitrogens with one attached hydrogen (secondary N) is 2. The normalized spacial score (nSPS) is 28.1. The molecule has 1 aliphatic rings. The molecule has 1 saturated heterocycles. The first kappa shape index (κ1) is 10.9. The summed E-state index contributed by atoms with van der Waals surface area (Å²) in [5.41, 5.74) is 1.03. The van der Waals surface area contributed by atoms with E-state index in [-0.39, 0.29) is 4.87 Å². The molecule has 0 aliphatic carbocycles. The zero-order chi connectivity index (χ0) is 10.8. The molecule has 2 atom stereocenters. The van der Waals surface area contributed by atoms with Gasteiger partial charge in [-0.2, -0.15) is 0 Å². The van der Waals surface area contributed by atoms with Gasteiger partial charge in [-0.15, -0.1) is 0 Å². The van der Waals surface area contributed by atoms with Gasteiger partial charge in [-0.3, -0.25) is 9.69 Å². The zero-order valence-corrected chi connectivity index (χ0v) is 9.93. The Labute approximate surface area is 93.3 Å². The number of H-pyrrole nitrogens is 1. The van der Waals surface area contributed by atoms with Crippen LogP contribution in [0.25, 0.3) is 0 Å². The topological polar surface area (TPSA) is 48.1 Å². The molecule has 0 saturated carbocycles. The van der Waals surface area contributed by atoms with Crippen LogP contribution in [-0.2, 0) is 6.54 Å². The molecule has 0 radical (unpaired) electrons. The third kappa shape index (κ3) is 2.68. The monoisotopic (exact) mass is 227 g/mol. The van der Waals surface area contributed by atoms with E-state index in [0.717, 1.165) is 25.3 Å². The number of aromatic nitrogens is 1. The van der Waals surface area contributed by atoms with Gasteiger partial charge in [0.05, 0.1) is 0 Å². The lowest BCUT2D eigenvalue weighted by molar-refractivity contribution is 0.137. The van der Waals surface area contributed by atoms with E-state index in [2.05, 4.69) is 29.0 Å². The highest BCUT2D eigenvalue weighted by atomic mass is 32.1. The van der Waals surface area contributed by atoms with Crippen LogP contribution in [0.4, 0.5) is 0 Å². The van der Waals surface area contributed by atoms with Gasteiger partial charge in [0.25, 0.3) is 0 Å². The van der Waals surface area contributed by atoms with Crippen molar-refractivity contribution >= 4 is 11.3 Å². The molecule has 2 heterocycles. The van der Waals surface area contributed by atoms with Gasteiger partial charge in [-0.1, -0.05) is 11.3 Å². The average molecular weight is 227 g/mol. The highest BCUT2D eigenvalue weighted by Crippen LogP contribution is 2.10. The average Bonchev–Trinajstić information content (AvgIpc) is 2.58.